The zero-order valence-electron chi connectivity index (χ0n) is 7.16. The van der Waals surface area contributed by atoms with Gasteiger partial charge in [-0.05, 0) is 19.8 Å². The summed E-state index contributed by atoms with van der Waals surface area (Å²) in [5.74, 6) is -0.669. The van der Waals surface area contributed by atoms with Crippen molar-refractivity contribution in [2.45, 2.75) is 38.3 Å². The highest BCUT2D eigenvalue weighted by Gasteiger charge is 2.18. The Balaban J connectivity index is 2.41. The number of nitrogens with two attached hydrogens (primary N) is 1. The van der Waals surface area contributed by atoms with E-state index in [2.05, 4.69) is 4.99 Å². The summed E-state index contributed by atoms with van der Waals surface area (Å²) >= 11 is 0. The minimum absolute atomic E-state index is 0.305. The van der Waals surface area contributed by atoms with E-state index < -0.39 is 12.0 Å². The predicted octanol–water partition coefficient (Wildman–Crippen LogP) is -0.154. The molecule has 0 aromatic carbocycles. The Morgan fingerprint density at radius 3 is 3.00 bits per heavy atom. The lowest BCUT2D eigenvalue weighted by Gasteiger charge is -2.04. The molecule has 3 N–H and O–H groups in total. The van der Waals surface area contributed by atoms with Crippen LogP contribution in [-0.4, -0.2) is 28.9 Å². The summed E-state index contributed by atoms with van der Waals surface area (Å²) < 4.78 is 0. The Hall–Kier alpha value is -0.900. The molecule has 1 aliphatic heterocycles. The molecule has 1 heterocycles. The summed E-state index contributed by atoms with van der Waals surface area (Å²) in [5, 5.41) is 9.12. The van der Waals surface area contributed by atoms with Gasteiger partial charge in [-0.1, -0.05) is 0 Å². The molecule has 0 aromatic heterocycles. The lowest BCUT2D eigenvalue weighted by atomic mass is 10.1. The fourth-order valence-electron chi connectivity index (χ4n) is 1.29. The maximum absolute atomic E-state index is 10.5. The standard InChI is InChI=1S/C8H14N2O2/c1-5-2-3-6(10-5)4-7(11)8(9)12/h5,7,11H,2-4H2,1H3,(H2,9,12). The SMILES string of the molecule is CC1CCC(CC(O)C(N)=O)=N1. The minimum atomic E-state index is -1.06. The Labute approximate surface area is 71.5 Å². The third-order valence-corrected chi connectivity index (χ3v) is 2.01. The molecule has 0 saturated carbocycles. The summed E-state index contributed by atoms with van der Waals surface area (Å²) in [6.07, 6.45) is 1.14. The van der Waals surface area contributed by atoms with Crippen molar-refractivity contribution >= 4 is 11.6 Å². The smallest absolute Gasteiger partial charge is 0.246 e. The Bertz CT molecular complexity index is 213. The van der Waals surface area contributed by atoms with E-state index in [4.69, 9.17) is 10.8 Å². The van der Waals surface area contributed by atoms with Gasteiger partial charge in [-0.2, -0.15) is 0 Å². The minimum Gasteiger partial charge on any atom is -0.383 e. The van der Waals surface area contributed by atoms with Crippen molar-refractivity contribution in [3.63, 3.8) is 0 Å². The van der Waals surface area contributed by atoms with Gasteiger partial charge in [0, 0.05) is 18.2 Å². The first kappa shape index (κ1) is 9.19. The van der Waals surface area contributed by atoms with Crippen LogP contribution < -0.4 is 5.73 Å². The molecular weight excluding hydrogens is 156 g/mol. The molecule has 2 unspecified atom stereocenters. The van der Waals surface area contributed by atoms with Gasteiger partial charge in [0.15, 0.2) is 0 Å². The molecule has 0 radical (unpaired) electrons. The average Bonchev–Trinajstić information content (AvgIpc) is 2.35. The van der Waals surface area contributed by atoms with Gasteiger partial charge in [-0.15, -0.1) is 0 Å². The first-order chi connectivity index (χ1) is 5.59. The Morgan fingerprint density at radius 1 is 1.92 bits per heavy atom. The summed E-state index contributed by atoms with van der Waals surface area (Å²) in [7, 11) is 0. The summed E-state index contributed by atoms with van der Waals surface area (Å²) in [6.45, 7) is 2.02. The molecule has 1 aliphatic rings. The predicted molar refractivity (Wildman–Crippen MR) is 45.9 cm³/mol. The van der Waals surface area contributed by atoms with Crippen molar-refractivity contribution in [2.24, 2.45) is 10.7 Å². The van der Waals surface area contributed by atoms with Crippen LogP contribution in [0.5, 0.6) is 0 Å². The second-order valence-corrected chi connectivity index (χ2v) is 3.21. The van der Waals surface area contributed by atoms with Gasteiger partial charge in [0.2, 0.25) is 5.91 Å². The average molecular weight is 170 g/mol. The van der Waals surface area contributed by atoms with E-state index >= 15 is 0 Å². The molecule has 0 spiro atoms. The number of aliphatic hydroxyl groups excluding tert-OH is 1. The van der Waals surface area contributed by atoms with Crippen LogP contribution in [0.1, 0.15) is 26.2 Å². The molecule has 0 aromatic rings. The Morgan fingerprint density at radius 2 is 2.58 bits per heavy atom. The number of amides is 1. The van der Waals surface area contributed by atoms with Crippen molar-refractivity contribution in [1.82, 2.24) is 0 Å². The topological polar surface area (TPSA) is 75.7 Å². The van der Waals surface area contributed by atoms with Gasteiger partial charge in [0.1, 0.15) is 6.10 Å². The van der Waals surface area contributed by atoms with E-state index in [0.29, 0.717) is 12.5 Å². The number of nitrogens with zero attached hydrogens (tertiary/aromatic N) is 1. The maximum Gasteiger partial charge on any atom is 0.246 e. The fraction of sp³-hybridized carbons (Fsp3) is 0.750. The van der Waals surface area contributed by atoms with E-state index in [1.54, 1.807) is 0 Å². The van der Waals surface area contributed by atoms with E-state index in [-0.39, 0.29) is 0 Å². The van der Waals surface area contributed by atoms with Crippen molar-refractivity contribution in [2.75, 3.05) is 0 Å². The molecule has 68 valence electrons. The molecule has 0 saturated heterocycles. The number of rotatable bonds is 3. The number of hydrogen-bond donors (Lipinski definition) is 2. The lowest BCUT2D eigenvalue weighted by molar-refractivity contribution is -0.125. The van der Waals surface area contributed by atoms with Gasteiger partial charge < -0.3 is 10.8 Å². The molecule has 1 rings (SSSR count). The second kappa shape index (κ2) is 3.67. The van der Waals surface area contributed by atoms with Crippen LogP contribution in [-0.2, 0) is 4.79 Å². The third kappa shape index (κ3) is 2.30. The van der Waals surface area contributed by atoms with Gasteiger partial charge in [0.25, 0.3) is 0 Å². The summed E-state index contributed by atoms with van der Waals surface area (Å²) in [6, 6.07) is 0.333. The zero-order valence-corrected chi connectivity index (χ0v) is 7.16. The van der Waals surface area contributed by atoms with Crippen LogP contribution in [0, 0.1) is 0 Å². The molecule has 1 amide bonds. The van der Waals surface area contributed by atoms with Crippen LogP contribution in [0.25, 0.3) is 0 Å². The first-order valence-electron chi connectivity index (χ1n) is 4.12. The number of primary amides is 1. The molecule has 4 nitrogen and oxygen atoms in total. The van der Waals surface area contributed by atoms with E-state index in [9.17, 15) is 4.79 Å². The lowest BCUT2D eigenvalue weighted by Crippen LogP contribution is -2.30. The van der Waals surface area contributed by atoms with Gasteiger partial charge >= 0.3 is 0 Å². The Kier molecular flexibility index (Phi) is 2.81. The van der Waals surface area contributed by atoms with Crippen LogP contribution in [0.4, 0.5) is 0 Å². The number of aliphatic imine (C=N–C) groups is 1. The van der Waals surface area contributed by atoms with Crippen LogP contribution in [0.2, 0.25) is 0 Å². The second-order valence-electron chi connectivity index (χ2n) is 3.21. The highest BCUT2D eigenvalue weighted by molar-refractivity contribution is 5.91. The van der Waals surface area contributed by atoms with Crippen LogP contribution in [0.3, 0.4) is 0 Å². The van der Waals surface area contributed by atoms with Crippen LogP contribution >= 0.6 is 0 Å². The van der Waals surface area contributed by atoms with E-state index in [1.807, 2.05) is 6.92 Å². The monoisotopic (exact) mass is 170 g/mol. The summed E-state index contributed by atoms with van der Waals surface area (Å²) in [4.78, 5) is 14.7. The number of carbonyl (C=O) groups excluding carboxylic acids is 1. The number of aliphatic hydroxyl groups is 1. The maximum atomic E-state index is 10.5. The molecule has 0 fully saturated rings. The highest BCUT2D eigenvalue weighted by atomic mass is 16.3. The van der Waals surface area contributed by atoms with Gasteiger partial charge in [-0.25, -0.2) is 0 Å². The first-order valence-corrected chi connectivity index (χ1v) is 4.12. The number of carbonyl (C=O) groups is 1. The fourth-order valence-corrected chi connectivity index (χ4v) is 1.29. The van der Waals surface area contributed by atoms with Crippen molar-refractivity contribution in [3.05, 3.63) is 0 Å². The summed E-state index contributed by atoms with van der Waals surface area (Å²) in [5.41, 5.74) is 5.82. The molecule has 2 atom stereocenters. The molecule has 12 heavy (non-hydrogen) atoms. The van der Waals surface area contributed by atoms with Crippen molar-refractivity contribution in [1.29, 1.82) is 0 Å². The normalized spacial score (nSPS) is 25.2. The van der Waals surface area contributed by atoms with Crippen molar-refractivity contribution in [3.8, 4) is 0 Å². The van der Waals surface area contributed by atoms with Gasteiger partial charge in [0.05, 0.1) is 0 Å². The highest BCUT2D eigenvalue weighted by Crippen LogP contribution is 2.15. The third-order valence-electron chi connectivity index (χ3n) is 2.01. The molecular formula is C8H14N2O2. The molecule has 4 heteroatoms. The van der Waals surface area contributed by atoms with Gasteiger partial charge in [-0.3, -0.25) is 9.79 Å². The molecule has 0 aliphatic carbocycles. The van der Waals surface area contributed by atoms with Crippen LogP contribution in [0.15, 0.2) is 4.99 Å². The molecule has 0 bridgehead atoms. The number of hydrogen-bond acceptors (Lipinski definition) is 3. The van der Waals surface area contributed by atoms with E-state index in [0.717, 1.165) is 18.6 Å². The van der Waals surface area contributed by atoms with Crippen molar-refractivity contribution < 1.29 is 9.90 Å². The zero-order chi connectivity index (χ0) is 9.14. The van der Waals surface area contributed by atoms with E-state index in [1.165, 1.54) is 0 Å². The quantitative estimate of drug-likeness (QED) is 0.617. The largest absolute Gasteiger partial charge is 0.383 e.